The van der Waals surface area contributed by atoms with Gasteiger partial charge in [-0.1, -0.05) is 66.7 Å². The van der Waals surface area contributed by atoms with Gasteiger partial charge in [0.15, 0.2) is 0 Å². The van der Waals surface area contributed by atoms with Crippen LogP contribution in [0.3, 0.4) is 0 Å². The number of halogens is 1. The number of esters is 1. The van der Waals surface area contributed by atoms with Gasteiger partial charge in [0.25, 0.3) is 0 Å². The molecular weight excluding hydrogens is 506 g/mol. The second-order valence-electron chi connectivity index (χ2n) is 9.49. The van der Waals surface area contributed by atoms with Crippen LogP contribution < -0.4 is 5.32 Å². The number of fused-ring (bicyclic) bond motifs is 1. The van der Waals surface area contributed by atoms with Crippen molar-refractivity contribution in [1.82, 2.24) is 0 Å². The summed E-state index contributed by atoms with van der Waals surface area (Å²) in [5.74, 6) is -4.98. The number of hydrogen-bond acceptors (Lipinski definition) is 5. The van der Waals surface area contributed by atoms with Gasteiger partial charge in [-0.25, -0.2) is 4.79 Å². The van der Waals surface area contributed by atoms with E-state index in [0.29, 0.717) is 21.8 Å². The number of rotatable bonds is 8. The molecule has 4 atom stereocenters. The normalized spacial score (nSPS) is 22.6. The van der Waals surface area contributed by atoms with E-state index < -0.39 is 41.2 Å². The summed E-state index contributed by atoms with van der Waals surface area (Å²) in [6, 6.07) is 21.6. The molecule has 3 aromatic carbocycles. The van der Waals surface area contributed by atoms with Crippen LogP contribution in [0, 0.1) is 11.8 Å². The third kappa shape index (κ3) is 4.18. The molecule has 1 amide bonds. The molecule has 0 saturated carbocycles. The molecule has 3 aliphatic carbocycles. The Bertz CT molecular complexity index is 1440. The fourth-order valence-corrected chi connectivity index (χ4v) is 5.96. The third-order valence-corrected chi connectivity index (χ3v) is 7.44. The number of nitrogens with one attached hydrogen (secondary N) is 1. The largest absolute Gasteiger partial charge is 0.481 e. The van der Waals surface area contributed by atoms with E-state index in [-0.39, 0.29) is 18.8 Å². The van der Waals surface area contributed by atoms with E-state index in [9.17, 15) is 19.5 Å². The molecule has 0 fully saturated rings. The molecule has 0 aliphatic heterocycles. The summed E-state index contributed by atoms with van der Waals surface area (Å²) < 4.78 is 11.7. The maximum atomic E-state index is 13.9. The van der Waals surface area contributed by atoms with Crippen molar-refractivity contribution in [3.05, 3.63) is 112 Å². The first-order valence-electron chi connectivity index (χ1n) is 12.2. The molecule has 194 valence electrons. The zero-order chi connectivity index (χ0) is 27.0. The van der Waals surface area contributed by atoms with Crippen LogP contribution in [-0.2, 0) is 29.5 Å². The minimum Gasteiger partial charge on any atom is -0.481 e. The van der Waals surface area contributed by atoms with Crippen molar-refractivity contribution in [2.24, 2.45) is 11.8 Å². The molecule has 0 radical (unpaired) electrons. The Morgan fingerprint density at radius 2 is 1.66 bits per heavy atom. The van der Waals surface area contributed by atoms with E-state index >= 15 is 0 Å². The minimum absolute atomic E-state index is 0.110. The second-order valence-corrected chi connectivity index (χ2v) is 9.93. The van der Waals surface area contributed by atoms with Crippen LogP contribution in [-0.4, -0.2) is 36.2 Å². The highest BCUT2D eigenvalue weighted by Crippen LogP contribution is 2.62. The minimum atomic E-state index is -1.55. The molecule has 6 rings (SSSR count). The predicted octanol–water partition coefficient (Wildman–Crippen LogP) is 5.13. The maximum Gasteiger partial charge on any atom is 0.333 e. The second kappa shape index (κ2) is 10.1. The maximum absolute atomic E-state index is 13.9. The number of amides is 1. The number of anilines is 1. The van der Waals surface area contributed by atoms with Gasteiger partial charge in [0, 0.05) is 22.2 Å². The quantitative estimate of drug-likeness (QED) is 0.237. The molecule has 3 aromatic rings. The standard InChI is InChI=1S/C30H26ClNO6/c1-17(2)29(36)37-14-15-38-30-22-11-7-6-10-20(22)24(21-13-12-18(31)16-23(21)30)25(26(30)28(34)35)27(33)32-19-8-4-3-5-9-19/h3-13,16,24-26H,1,14-15H2,2H3,(H,32,33)(H,34,35). The number of para-hydroxylation sites is 1. The van der Waals surface area contributed by atoms with Gasteiger partial charge in [0.05, 0.1) is 12.5 Å². The number of carboxylic acid groups (broad SMARTS) is 1. The highest BCUT2D eigenvalue weighted by molar-refractivity contribution is 6.30. The van der Waals surface area contributed by atoms with Crippen molar-refractivity contribution >= 4 is 35.1 Å². The Labute approximate surface area is 225 Å². The van der Waals surface area contributed by atoms with Gasteiger partial charge in [-0.2, -0.15) is 0 Å². The zero-order valence-electron chi connectivity index (χ0n) is 20.6. The van der Waals surface area contributed by atoms with Gasteiger partial charge < -0.3 is 19.9 Å². The summed E-state index contributed by atoms with van der Waals surface area (Å²) in [6.07, 6.45) is 0. The third-order valence-electron chi connectivity index (χ3n) is 7.21. The summed E-state index contributed by atoms with van der Waals surface area (Å²) >= 11 is 6.41. The highest BCUT2D eigenvalue weighted by Gasteiger charge is 2.64. The number of carbonyl (C=O) groups is 3. The molecule has 2 bridgehead atoms. The van der Waals surface area contributed by atoms with E-state index in [4.69, 9.17) is 21.1 Å². The number of benzene rings is 3. The van der Waals surface area contributed by atoms with E-state index in [0.717, 1.165) is 11.1 Å². The lowest BCUT2D eigenvalue weighted by molar-refractivity contribution is -0.171. The van der Waals surface area contributed by atoms with Crippen molar-refractivity contribution in [2.45, 2.75) is 18.4 Å². The average Bonchev–Trinajstić information content (AvgIpc) is 2.91. The van der Waals surface area contributed by atoms with Gasteiger partial charge in [-0.05, 0) is 53.4 Å². The van der Waals surface area contributed by atoms with Crippen molar-refractivity contribution in [1.29, 1.82) is 0 Å². The molecule has 2 N–H and O–H groups in total. The molecule has 0 heterocycles. The summed E-state index contributed by atoms with van der Waals surface area (Å²) in [4.78, 5) is 38.9. The summed E-state index contributed by atoms with van der Waals surface area (Å²) in [5, 5.41) is 14.0. The number of ether oxygens (including phenoxy) is 2. The van der Waals surface area contributed by atoms with Gasteiger partial charge in [0.1, 0.15) is 18.1 Å². The molecule has 7 nitrogen and oxygen atoms in total. The Balaban J connectivity index is 1.65. The van der Waals surface area contributed by atoms with Crippen LogP contribution in [0.1, 0.15) is 35.1 Å². The number of carboxylic acids is 1. The summed E-state index contributed by atoms with van der Waals surface area (Å²) in [7, 11) is 0. The first kappa shape index (κ1) is 25.7. The predicted molar refractivity (Wildman–Crippen MR) is 142 cm³/mol. The molecular formula is C30H26ClNO6. The first-order chi connectivity index (χ1) is 18.3. The van der Waals surface area contributed by atoms with Crippen LogP contribution >= 0.6 is 11.6 Å². The van der Waals surface area contributed by atoms with Crippen molar-refractivity contribution in [3.8, 4) is 0 Å². The van der Waals surface area contributed by atoms with E-state index in [1.807, 2.05) is 36.4 Å². The highest BCUT2D eigenvalue weighted by atomic mass is 35.5. The number of carbonyl (C=O) groups excluding carboxylic acids is 2. The van der Waals surface area contributed by atoms with E-state index in [1.54, 1.807) is 36.4 Å². The Kier molecular flexibility index (Phi) is 6.82. The Hall–Kier alpha value is -3.94. The Morgan fingerprint density at radius 3 is 2.37 bits per heavy atom. The fraction of sp³-hybridized carbons (Fsp3) is 0.233. The Morgan fingerprint density at radius 1 is 0.974 bits per heavy atom. The summed E-state index contributed by atoms with van der Waals surface area (Å²) in [5.41, 5.74) is 2.09. The first-order valence-corrected chi connectivity index (χ1v) is 12.6. The van der Waals surface area contributed by atoms with Gasteiger partial charge in [-0.15, -0.1) is 0 Å². The lowest BCUT2D eigenvalue weighted by Crippen LogP contribution is -2.59. The summed E-state index contributed by atoms with van der Waals surface area (Å²) in [6.45, 7) is 4.88. The average molecular weight is 532 g/mol. The van der Waals surface area contributed by atoms with Crippen molar-refractivity contribution < 1.29 is 29.0 Å². The molecule has 4 unspecified atom stereocenters. The van der Waals surface area contributed by atoms with Crippen molar-refractivity contribution in [3.63, 3.8) is 0 Å². The van der Waals surface area contributed by atoms with E-state index in [1.165, 1.54) is 6.92 Å². The monoisotopic (exact) mass is 531 g/mol. The molecule has 3 aliphatic rings. The van der Waals surface area contributed by atoms with Crippen LogP contribution in [0.2, 0.25) is 5.02 Å². The molecule has 0 spiro atoms. The molecule has 8 heteroatoms. The topological polar surface area (TPSA) is 102 Å². The molecule has 0 aromatic heterocycles. The van der Waals surface area contributed by atoms with Crippen molar-refractivity contribution in [2.75, 3.05) is 18.5 Å². The molecule has 0 saturated heterocycles. The van der Waals surface area contributed by atoms with Crippen LogP contribution in [0.15, 0.2) is 84.9 Å². The number of hydrogen-bond donors (Lipinski definition) is 2. The number of aliphatic carboxylic acids is 1. The fourth-order valence-electron chi connectivity index (χ4n) is 5.79. The van der Waals surface area contributed by atoms with Crippen LogP contribution in [0.25, 0.3) is 0 Å². The van der Waals surface area contributed by atoms with Gasteiger partial charge in [0.2, 0.25) is 5.91 Å². The smallest absolute Gasteiger partial charge is 0.333 e. The van der Waals surface area contributed by atoms with Crippen LogP contribution in [0.4, 0.5) is 5.69 Å². The lowest BCUT2D eigenvalue weighted by Gasteiger charge is -2.55. The van der Waals surface area contributed by atoms with Gasteiger partial charge >= 0.3 is 11.9 Å². The zero-order valence-corrected chi connectivity index (χ0v) is 21.4. The van der Waals surface area contributed by atoms with E-state index in [2.05, 4.69) is 11.9 Å². The van der Waals surface area contributed by atoms with Crippen LogP contribution in [0.5, 0.6) is 0 Å². The lowest BCUT2D eigenvalue weighted by atomic mass is 9.51. The van der Waals surface area contributed by atoms with Gasteiger partial charge in [-0.3, -0.25) is 9.59 Å². The molecule has 38 heavy (non-hydrogen) atoms. The SMILES string of the molecule is C=C(C)C(=O)OCCOC12c3ccccc3C(c3ccc(Cl)cc31)C(C(=O)Nc1ccccc1)C2C(=O)O.